The summed E-state index contributed by atoms with van der Waals surface area (Å²) in [6.45, 7) is 0.0855. The van der Waals surface area contributed by atoms with Crippen molar-refractivity contribution in [2.75, 3.05) is 13.6 Å². The van der Waals surface area contributed by atoms with Crippen LogP contribution in [0.15, 0.2) is 18.2 Å². The van der Waals surface area contributed by atoms with Crippen LogP contribution in [0.3, 0.4) is 0 Å². The third-order valence-electron chi connectivity index (χ3n) is 2.28. The molecular weight excluding hydrogens is 230 g/mol. The first-order valence-electron chi connectivity index (χ1n) is 4.90. The molecule has 6 heteroatoms. The van der Waals surface area contributed by atoms with Crippen molar-refractivity contribution >= 4 is 11.8 Å². The second kappa shape index (κ2) is 5.38. The van der Waals surface area contributed by atoms with Crippen molar-refractivity contribution in [2.45, 2.75) is 6.42 Å². The van der Waals surface area contributed by atoms with E-state index in [0.717, 1.165) is 23.1 Å². The summed E-state index contributed by atoms with van der Waals surface area (Å²) in [5.74, 6) is -3.04. The third-order valence-corrected chi connectivity index (χ3v) is 2.28. The highest BCUT2D eigenvalue weighted by molar-refractivity contribution is 6.34. The molecule has 1 aromatic carbocycles. The Balaban J connectivity index is 2.64. The fourth-order valence-electron chi connectivity index (χ4n) is 1.31. The van der Waals surface area contributed by atoms with Gasteiger partial charge in [0.15, 0.2) is 0 Å². The molecule has 0 atom stereocenters. The number of nitrogens with zero attached hydrogens (tertiary/aromatic N) is 1. The number of hydrogen-bond donors (Lipinski definition) is 1. The summed E-state index contributed by atoms with van der Waals surface area (Å²) >= 11 is 0. The van der Waals surface area contributed by atoms with E-state index in [1.54, 1.807) is 0 Å². The van der Waals surface area contributed by atoms with Gasteiger partial charge in [-0.1, -0.05) is 0 Å². The van der Waals surface area contributed by atoms with Crippen LogP contribution < -0.4 is 5.73 Å². The van der Waals surface area contributed by atoms with Crippen LogP contribution in [0, 0.1) is 11.6 Å². The molecule has 2 N–H and O–H groups in total. The molecule has 0 aliphatic rings. The highest BCUT2D eigenvalue weighted by atomic mass is 19.1. The molecule has 0 aliphatic heterocycles. The Hall–Kier alpha value is -1.98. The summed E-state index contributed by atoms with van der Waals surface area (Å²) < 4.78 is 26.1. The molecule has 0 spiro atoms. The zero-order chi connectivity index (χ0) is 13.0. The lowest BCUT2D eigenvalue weighted by molar-refractivity contribution is -0.143. The van der Waals surface area contributed by atoms with Crippen molar-refractivity contribution in [2.24, 2.45) is 5.73 Å². The van der Waals surface area contributed by atoms with Gasteiger partial charge in [-0.05, 0) is 30.2 Å². The Morgan fingerprint density at radius 3 is 2.59 bits per heavy atom. The topological polar surface area (TPSA) is 63.4 Å². The number of primary amides is 1. The maximum atomic E-state index is 13.2. The van der Waals surface area contributed by atoms with E-state index in [0.29, 0.717) is 0 Å². The van der Waals surface area contributed by atoms with E-state index in [9.17, 15) is 18.4 Å². The highest BCUT2D eigenvalue weighted by Crippen LogP contribution is 2.10. The van der Waals surface area contributed by atoms with Gasteiger partial charge < -0.3 is 10.6 Å². The van der Waals surface area contributed by atoms with Crippen LogP contribution in [0.2, 0.25) is 0 Å². The second-order valence-electron chi connectivity index (χ2n) is 3.58. The summed E-state index contributed by atoms with van der Waals surface area (Å²) in [7, 11) is 1.37. The number of amides is 2. The number of nitrogens with two attached hydrogens (primary N) is 1. The molecule has 1 aromatic rings. The molecule has 0 aromatic heterocycles. The summed E-state index contributed by atoms with van der Waals surface area (Å²) in [5.41, 5.74) is 4.94. The molecule has 17 heavy (non-hydrogen) atoms. The highest BCUT2D eigenvalue weighted by Gasteiger charge is 2.15. The largest absolute Gasteiger partial charge is 0.361 e. The summed E-state index contributed by atoms with van der Waals surface area (Å²) in [5, 5.41) is 0. The molecule has 0 saturated heterocycles. The quantitative estimate of drug-likeness (QED) is 0.782. The summed E-state index contributed by atoms with van der Waals surface area (Å²) in [4.78, 5) is 22.7. The molecule has 0 heterocycles. The number of carbonyl (C=O) groups excluding carboxylic acids is 2. The Bertz CT molecular complexity index is 449. The van der Waals surface area contributed by atoms with Gasteiger partial charge in [-0.3, -0.25) is 9.59 Å². The minimum atomic E-state index is -1.08. The van der Waals surface area contributed by atoms with Gasteiger partial charge in [0.05, 0.1) is 0 Å². The smallest absolute Gasteiger partial charge is 0.311 e. The molecule has 92 valence electrons. The van der Waals surface area contributed by atoms with Gasteiger partial charge in [0.2, 0.25) is 0 Å². The number of rotatable bonds is 3. The van der Waals surface area contributed by atoms with Crippen LogP contribution in [0.25, 0.3) is 0 Å². The average Bonchev–Trinajstić information content (AvgIpc) is 2.28. The maximum absolute atomic E-state index is 13.2. The van der Waals surface area contributed by atoms with Crippen molar-refractivity contribution in [1.82, 2.24) is 4.90 Å². The van der Waals surface area contributed by atoms with E-state index in [1.165, 1.54) is 7.05 Å². The summed E-state index contributed by atoms with van der Waals surface area (Å²) in [6.07, 6.45) is 0.110. The van der Waals surface area contributed by atoms with E-state index < -0.39 is 23.4 Å². The normalized spacial score (nSPS) is 10.1. The minimum absolute atomic E-state index is 0.0855. The minimum Gasteiger partial charge on any atom is -0.361 e. The molecule has 0 aliphatic carbocycles. The third kappa shape index (κ3) is 3.51. The van der Waals surface area contributed by atoms with Crippen molar-refractivity contribution in [3.8, 4) is 0 Å². The molecule has 4 nitrogen and oxygen atoms in total. The monoisotopic (exact) mass is 242 g/mol. The van der Waals surface area contributed by atoms with Gasteiger partial charge in [-0.15, -0.1) is 0 Å². The molecule has 0 unspecified atom stereocenters. The van der Waals surface area contributed by atoms with Crippen LogP contribution in [0.4, 0.5) is 8.78 Å². The van der Waals surface area contributed by atoms with Crippen LogP contribution >= 0.6 is 0 Å². The van der Waals surface area contributed by atoms with E-state index in [-0.39, 0.29) is 18.5 Å². The first-order chi connectivity index (χ1) is 7.91. The molecule has 0 fully saturated rings. The molecule has 0 saturated carbocycles. The predicted molar refractivity (Wildman–Crippen MR) is 56.9 cm³/mol. The number of likely N-dealkylation sites (N-methyl/N-ethyl adjacent to an activating group) is 1. The van der Waals surface area contributed by atoms with E-state index in [1.807, 2.05) is 0 Å². The van der Waals surface area contributed by atoms with Crippen LogP contribution in [0.5, 0.6) is 0 Å². The summed E-state index contributed by atoms with van der Waals surface area (Å²) in [6, 6.07) is 3.08. The van der Waals surface area contributed by atoms with Gasteiger partial charge in [0.1, 0.15) is 11.6 Å². The zero-order valence-electron chi connectivity index (χ0n) is 9.24. The lowest BCUT2D eigenvalue weighted by Crippen LogP contribution is -2.38. The number of carbonyl (C=O) groups is 2. The van der Waals surface area contributed by atoms with Crippen molar-refractivity contribution in [1.29, 1.82) is 0 Å². The van der Waals surface area contributed by atoms with Gasteiger partial charge >= 0.3 is 11.8 Å². The lowest BCUT2D eigenvalue weighted by atomic mass is 10.1. The van der Waals surface area contributed by atoms with E-state index in [4.69, 9.17) is 5.73 Å². The molecular formula is C11H12F2N2O2. The Labute approximate surface area is 97.0 Å². The predicted octanol–water partition coefficient (Wildman–Crippen LogP) is 0.451. The van der Waals surface area contributed by atoms with Crippen LogP contribution in [-0.4, -0.2) is 30.3 Å². The molecule has 2 amide bonds. The van der Waals surface area contributed by atoms with Gasteiger partial charge in [0, 0.05) is 13.6 Å². The fraction of sp³-hybridized carbons (Fsp3) is 0.273. The first kappa shape index (κ1) is 13.1. The van der Waals surface area contributed by atoms with Gasteiger partial charge in [0.25, 0.3) is 0 Å². The van der Waals surface area contributed by atoms with Crippen molar-refractivity contribution in [3.63, 3.8) is 0 Å². The van der Waals surface area contributed by atoms with Crippen molar-refractivity contribution in [3.05, 3.63) is 35.4 Å². The number of benzene rings is 1. The van der Waals surface area contributed by atoms with Crippen LogP contribution in [-0.2, 0) is 16.0 Å². The number of halogens is 2. The Kier molecular flexibility index (Phi) is 4.14. The molecule has 1 rings (SSSR count). The SMILES string of the molecule is CN(CCc1cc(F)ccc1F)C(=O)C(N)=O. The first-order valence-corrected chi connectivity index (χ1v) is 4.90. The van der Waals surface area contributed by atoms with Gasteiger partial charge in [-0.2, -0.15) is 0 Å². The molecule has 0 radical (unpaired) electrons. The molecule has 0 bridgehead atoms. The van der Waals surface area contributed by atoms with Crippen LogP contribution in [0.1, 0.15) is 5.56 Å². The number of hydrogen-bond acceptors (Lipinski definition) is 2. The Morgan fingerprint density at radius 1 is 1.35 bits per heavy atom. The maximum Gasteiger partial charge on any atom is 0.311 e. The average molecular weight is 242 g/mol. The van der Waals surface area contributed by atoms with Crippen molar-refractivity contribution < 1.29 is 18.4 Å². The van der Waals surface area contributed by atoms with Gasteiger partial charge in [-0.25, -0.2) is 8.78 Å². The standard InChI is InChI=1S/C11H12F2N2O2/c1-15(11(17)10(14)16)5-4-7-6-8(12)2-3-9(7)13/h2-3,6H,4-5H2,1H3,(H2,14,16). The zero-order valence-corrected chi connectivity index (χ0v) is 9.24. The lowest BCUT2D eigenvalue weighted by Gasteiger charge is -2.15. The Morgan fingerprint density at radius 2 is 2.00 bits per heavy atom. The van der Waals surface area contributed by atoms with E-state index in [2.05, 4.69) is 0 Å². The second-order valence-corrected chi connectivity index (χ2v) is 3.58. The van der Waals surface area contributed by atoms with E-state index >= 15 is 0 Å². The fourth-order valence-corrected chi connectivity index (χ4v) is 1.31.